The van der Waals surface area contributed by atoms with E-state index in [4.69, 9.17) is 4.74 Å². The van der Waals surface area contributed by atoms with Gasteiger partial charge in [0, 0.05) is 12.0 Å². The maximum absolute atomic E-state index is 11.5. The molecule has 0 aromatic rings. The molecule has 1 unspecified atom stereocenters. The smallest absolute Gasteiger partial charge is 0.225 e. The molecule has 1 heterocycles. The first-order valence-corrected chi connectivity index (χ1v) is 4.46. The monoisotopic (exact) mass is 171 g/mol. The van der Waals surface area contributed by atoms with Crippen LogP contribution in [0.5, 0.6) is 0 Å². The number of ether oxygens (including phenoxy) is 1. The van der Waals surface area contributed by atoms with Crippen LogP contribution in [-0.4, -0.2) is 25.2 Å². The molecule has 3 heteroatoms. The zero-order valence-electron chi connectivity index (χ0n) is 8.02. The van der Waals surface area contributed by atoms with Gasteiger partial charge in [-0.1, -0.05) is 20.8 Å². The average molecular weight is 171 g/mol. The van der Waals surface area contributed by atoms with E-state index < -0.39 is 0 Å². The van der Waals surface area contributed by atoms with Crippen molar-refractivity contribution < 1.29 is 9.53 Å². The van der Waals surface area contributed by atoms with E-state index in [9.17, 15) is 4.79 Å². The number of hydrogen-bond acceptors (Lipinski definition) is 2. The van der Waals surface area contributed by atoms with Crippen LogP contribution in [0.1, 0.15) is 27.2 Å². The van der Waals surface area contributed by atoms with Crippen LogP contribution < -0.4 is 5.32 Å². The predicted molar refractivity (Wildman–Crippen MR) is 46.8 cm³/mol. The lowest BCUT2D eigenvalue weighted by Gasteiger charge is -2.20. The molecule has 1 saturated heterocycles. The van der Waals surface area contributed by atoms with Crippen LogP contribution in [0.25, 0.3) is 0 Å². The molecule has 70 valence electrons. The van der Waals surface area contributed by atoms with Crippen molar-refractivity contribution in [3.05, 3.63) is 0 Å². The Morgan fingerprint density at radius 2 is 2.25 bits per heavy atom. The third-order valence-corrected chi connectivity index (χ3v) is 2.39. The Balaban J connectivity index is 2.25. The molecule has 0 aromatic heterocycles. The number of hydrogen-bond donors (Lipinski definition) is 1. The van der Waals surface area contributed by atoms with E-state index >= 15 is 0 Å². The highest BCUT2D eigenvalue weighted by atomic mass is 16.6. The highest BCUT2D eigenvalue weighted by Gasteiger charge is 2.28. The summed E-state index contributed by atoms with van der Waals surface area (Å²) in [7, 11) is 0. The second kappa shape index (κ2) is 3.44. The summed E-state index contributed by atoms with van der Waals surface area (Å²) in [6.45, 7) is 7.40. The zero-order valence-corrected chi connectivity index (χ0v) is 8.02. The van der Waals surface area contributed by atoms with Gasteiger partial charge in [-0.3, -0.25) is 4.79 Å². The Morgan fingerprint density at radius 1 is 1.67 bits per heavy atom. The molecule has 3 nitrogen and oxygen atoms in total. The largest absolute Gasteiger partial charge is 0.371 e. The summed E-state index contributed by atoms with van der Waals surface area (Å²) in [4.78, 5) is 11.5. The molecule has 12 heavy (non-hydrogen) atoms. The van der Waals surface area contributed by atoms with Crippen molar-refractivity contribution >= 4 is 5.91 Å². The molecule has 1 aliphatic rings. The first-order chi connectivity index (χ1) is 5.56. The summed E-state index contributed by atoms with van der Waals surface area (Å²) < 4.78 is 4.99. The van der Waals surface area contributed by atoms with E-state index in [2.05, 4.69) is 5.32 Å². The summed E-state index contributed by atoms with van der Waals surface area (Å²) in [6.07, 6.45) is 1.14. The Hall–Kier alpha value is -0.570. The zero-order chi connectivity index (χ0) is 9.19. The number of epoxide rings is 1. The second-order valence-corrected chi connectivity index (χ2v) is 3.90. The number of nitrogens with one attached hydrogen (secondary N) is 1. The van der Waals surface area contributed by atoms with Gasteiger partial charge in [-0.2, -0.15) is 0 Å². The summed E-state index contributed by atoms with van der Waals surface area (Å²) in [6, 6.07) is 0. The van der Waals surface area contributed by atoms with Crippen LogP contribution in [0, 0.1) is 5.41 Å². The number of amides is 1. The van der Waals surface area contributed by atoms with E-state index in [1.54, 1.807) is 0 Å². The lowest BCUT2D eigenvalue weighted by molar-refractivity contribution is -0.129. The van der Waals surface area contributed by atoms with Crippen LogP contribution in [0.2, 0.25) is 0 Å². The van der Waals surface area contributed by atoms with Crippen molar-refractivity contribution in [3.8, 4) is 0 Å². The summed E-state index contributed by atoms with van der Waals surface area (Å²) in [5.74, 6) is 0.125. The minimum absolute atomic E-state index is 0.125. The average Bonchev–Trinajstić information content (AvgIpc) is 2.83. The van der Waals surface area contributed by atoms with Crippen LogP contribution in [-0.2, 0) is 9.53 Å². The van der Waals surface area contributed by atoms with Crippen LogP contribution in [0.15, 0.2) is 0 Å². The molecule has 1 N–H and O–H groups in total. The number of carbonyl (C=O) groups is 1. The van der Waals surface area contributed by atoms with Gasteiger partial charge in [0.2, 0.25) is 5.91 Å². The number of carbonyl (C=O) groups excluding carboxylic acids is 1. The molecule has 0 aliphatic carbocycles. The molecule has 1 fully saturated rings. The molecule has 0 bridgehead atoms. The Bertz CT molecular complexity index is 173. The van der Waals surface area contributed by atoms with Gasteiger partial charge in [0.15, 0.2) is 0 Å². The number of rotatable bonds is 4. The third-order valence-electron chi connectivity index (χ3n) is 2.39. The van der Waals surface area contributed by atoms with Gasteiger partial charge in [0.25, 0.3) is 0 Å². The lowest BCUT2D eigenvalue weighted by Crippen LogP contribution is -2.38. The molecule has 1 atom stereocenters. The van der Waals surface area contributed by atoms with Gasteiger partial charge in [0.1, 0.15) is 0 Å². The first-order valence-electron chi connectivity index (χ1n) is 4.46. The van der Waals surface area contributed by atoms with Crippen molar-refractivity contribution in [3.63, 3.8) is 0 Å². The minimum atomic E-state index is -0.241. The van der Waals surface area contributed by atoms with Gasteiger partial charge in [0.05, 0.1) is 12.7 Å². The van der Waals surface area contributed by atoms with Crippen molar-refractivity contribution in [1.29, 1.82) is 0 Å². The lowest BCUT2D eigenvalue weighted by atomic mass is 9.89. The summed E-state index contributed by atoms with van der Waals surface area (Å²) >= 11 is 0. The molecule has 0 spiro atoms. The van der Waals surface area contributed by atoms with E-state index in [-0.39, 0.29) is 17.4 Å². The van der Waals surface area contributed by atoms with E-state index in [0.717, 1.165) is 13.0 Å². The van der Waals surface area contributed by atoms with E-state index in [0.29, 0.717) is 6.54 Å². The fourth-order valence-corrected chi connectivity index (χ4v) is 0.792. The SMILES string of the molecule is CCC(C)(C)C(=O)NCC1CO1. The van der Waals surface area contributed by atoms with Crippen LogP contribution >= 0.6 is 0 Å². The van der Waals surface area contributed by atoms with Crippen LogP contribution in [0.4, 0.5) is 0 Å². The van der Waals surface area contributed by atoms with Crippen LogP contribution in [0.3, 0.4) is 0 Å². The maximum Gasteiger partial charge on any atom is 0.225 e. The van der Waals surface area contributed by atoms with E-state index in [1.165, 1.54) is 0 Å². The highest BCUT2D eigenvalue weighted by Crippen LogP contribution is 2.19. The van der Waals surface area contributed by atoms with Gasteiger partial charge in [-0.25, -0.2) is 0 Å². The quantitative estimate of drug-likeness (QED) is 0.639. The topological polar surface area (TPSA) is 41.6 Å². The second-order valence-electron chi connectivity index (χ2n) is 3.90. The first kappa shape index (κ1) is 9.52. The predicted octanol–water partition coefficient (Wildman–Crippen LogP) is 0.938. The third kappa shape index (κ3) is 2.48. The van der Waals surface area contributed by atoms with Gasteiger partial charge < -0.3 is 10.1 Å². The summed E-state index contributed by atoms with van der Waals surface area (Å²) in [5, 5.41) is 2.87. The van der Waals surface area contributed by atoms with Crippen molar-refractivity contribution in [2.24, 2.45) is 5.41 Å². The summed E-state index contributed by atoms with van der Waals surface area (Å²) in [5.41, 5.74) is -0.241. The molecule has 1 amide bonds. The van der Waals surface area contributed by atoms with Crippen molar-refractivity contribution in [2.75, 3.05) is 13.2 Å². The Kier molecular flexibility index (Phi) is 2.73. The fraction of sp³-hybridized carbons (Fsp3) is 0.889. The molecule has 0 aromatic carbocycles. The molecular formula is C9H17NO2. The maximum atomic E-state index is 11.5. The minimum Gasteiger partial charge on any atom is -0.371 e. The molecule has 0 radical (unpaired) electrons. The molecule has 1 aliphatic heterocycles. The normalized spacial score (nSPS) is 22.1. The molecular weight excluding hydrogens is 154 g/mol. The van der Waals surface area contributed by atoms with Gasteiger partial charge >= 0.3 is 0 Å². The van der Waals surface area contributed by atoms with Gasteiger partial charge in [-0.15, -0.1) is 0 Å². The molecule has 1 rings (SSSR count). The van der Waals surface area contributed by atoms with E-state index in [1.807, 2.05) is 20.8 Å². The highest BCUT2D eigenvalue weighted by molar-refractivity contribution is 5.81. The standard InChI is InChI=1S/C9H17NO2/c1-4-9(2,3)8(11)10-5-7-6-12-7/h7H,4-6H2,1-3H3,(H,10,11). The fourth-order valence-electron chi connectivity index (χ4n) is 0.792. The van der Waals surface area contributed by atoms with Gasteiger partial charge in [-0.05, 0) is 6.42 Å². The Labute approximate surface area is 73.5 Å². The van der Waals surface area contributed by atoms with Crippen molar-refractivity contribution in [1.82, 2.24) is 5.32 Å². The molecule has 0 saturated carbocycles. The van der Waals surface area contributed by atoms with Crippen molar-refractivity contribution in [2.45, 2.75) is 33.3 Å². The Morgan fingerprint density at radius 3 is 2.67 bits per heavy atom.